The first-order valence-electron chi connectivity index (χ1n) is 7.11. The van der Waals surface area contributed by atoms with E-state index in [1.807, 2.05) is 18.2 Å². The molecule has 3 heteroatoms. The predicted octanol–water partition coefficient (Wildman–Crippen LogP) is 3.61. The van der Waals surface area contributed by atoms with E-state index in [1.54, 1.807) is 0 Å². The maximum Gasteiger partial charge on any atom is 0.126 e. The van der Waals surface area contributed by atoms with Crippen molar-refractivity contribution >= 4 is 5.82 Å². The molecule has 1 saturated carbocycles. The Kier molecular flexibility index (Phi) is 5.00. The topological polar surface area (TPSA) is 34.1 Å². The van der Waals surface area contributed by atoms with Crippen molar-refractivity contribution in [3.05, 3.63) is 23.9 Å². The fourth-order valence-corrected chi connectivity index (χ4v) is 2.56. The van der Waals surface area contributed by atoms with Crippen molar-refractivity contribution in [1.29, 1.82) is 0 Å². The van der Waals surface area contributed by atoms with Crippen LogP contribution in [0.15, 0.2) is 18.2 Å². The van der Waals surface area contributed by atoms with Crippen LogP contribution in [0.2, 0.25) is 0 Å². The van der Waals surface area contributed by atoms with Gasteiger partial charge in [-0.3, -0.25) is 0 Å². The summed E-state index contributed by atoms with van der Waals surface area (Å²) in [5.74, 6) is 1.63. The molecule has 0 spiro atoms. The van der Waals surface area contributed by atoms with E-state index < -0.39 is 0 Å². The standard InChI is InChI=1S/C15H24N2O/c1-3-16-15-10-6-8-13(17-15)11-18-14-9-5-4-7-12(14)2/h6,8,10,12,14H,3-5,7,9,11H2,1-2H3,(H,16,17). The molecule has 2 atom stereocenters. The van der Waals surface area contributed by atoms with Crippen LogP contribution >= 0.6 is 0 Å². The lowest BCUT2D eigenvalue weighted by atomic mass is 9.88. The number of nitrogens with zero attached hydrogens (tertiary/aromatic N) is 1. The molecule has 1 aliphatic rings. The number of rotatable bonds is 5. The van der Waals surface area contributed by atoms with Crippen LogP contribution in [0.1, 0.15) is 45.2 Å². The lowest BCUT2D eigenvalue weighted by molar-refractivity contribution is -0.0167. The second-order valence-electron chi connectivity index (χ2n) is 5.16. The van der Waals surface area contributed by atoms with Crippen LogP contribution in [0.4, 0.5) is 5.82 Å². The zero-order valence-electron chi connectivity index (χ0n) is 11.5. The minimum atomic E-state index is 0.420. The van der Waals surface area contributed by atoms with Gasteiger partial charge in [0.15, 0.2) is 0 Å². The fraction of sp³-hybridized carbons (Fsp3) is 0.667. The van der Waals surface area contributed by atoms with Crippen molar-refractivity contribution in [1.82, 2.24) is 4.98 Å². The van der Waals surface area contributed by atoms with Crippen LogP contribution in [-0.4, -0.2) is 17.6 Å². The van der Waals surface area contributed by atoms with Gasteiger partial charge in [-0.15, -0.1) is 0 Å². The molecule has 0 radical (unpaired) electrons. The van der Waals surface area contributed by atoms with Crippen molar-refractivity contribution in [2.45, 2.75) is 52.2 Å². The zero-order chi connectivity index (χ0) is 12.8. The first-order chi connectivity index (χ1) is 8.79. The van der Waals surface area contributed by atoms with Gasteiger partial charge >= 0.3 is 0 Å². The summed E-state index contributed by atoms with van der Waals surface area (Å²) in [7, 11) is 0. The first-order valence-corrected chi connectivity index (χ1v) is 7.11. The van der Waals surface area contributed by atoms with E-state index in [2.05, 4.69) is 24.1 Å². The van der Waals surface area contributed by atoms with E-state index in [9.17, 15) is 0 Å². The summed E-state index contributed by atoms with van der Waals surface area (Å²) in [6.45, 7) is 5.91. The molecule has 1 heterocycles. The minimum absolute atomic E-state index is 0.420. The van der Waals surface area contributed by atoms with Crippen molar-refractivity contribution in [3.63, 3.8) is 0 Å². The van der Waals surface area contributed by atoms with E-state index in [-0.39, 0.29) is 0 Å². The molecule has 2 rings (SSSR count). The molecule has 1 aromatic heterocycles. The molecule has 1 aromatic rings. The average Bonchev–Trinajstić information content (AvgIpc) is 2.39. The van der Waals surface area contributed by atoms with Crippen LogP contribution < -0.4 is 5.32 Å². The summed E-state index contributed by atoms with van der Waals surface area (Å²) in [4.78, 5) is 4.54. The molecular formula is C15H24N2O. The Labute approximate surface area is 110 Å². The van der Waals surface area contributed by atoms with Gasteiger partial charge in [0.2, 0.25) is 0 Å². The number of hydrogen-bond acceptors (Lipinski definition) is 3. The van der Waals surface area contributed by atoms with Gasteiger partial charge in [-0.2, -0.15) is 0 Å². The second-order valence-corrected chi connectivity index (χ2v) is 5.16. The Hall–Kier alpha value is -1.09. The smallest absolute Gasteiger partial charge is 0.126 e. The number of nitrogens with one attached hydrogen (secondary N) is 1. The highest BCUT2D eigenvalue weighted by Crippen LogP contribution is 2.26. The molecule has 0 saturated heterocycles. The van der Waals surface area contributed by atoms with Crippen molar-refractivity contribution in [2.75, 3.05) is 11.9 Å². The molecule has 18 heavy (non-hydrogen) atoms. The van der Waals surface area contributed by atoms with E-state index in [0.29, 0.717) is 18.6 Å². The second kappa shape index (κ2) is 6.74. The monoisotopic (exact) mass is 248 g/mol. The lowest BCUT2D eigenvalue weighted by Crippen LogP contribution is -2.25. The summed E-state index contributed by atoms with van der Waals surface area (Å²) >= 11 is 0. The molecule has 100 valence electrons. The largest absolute Gasteiger partial charge is 0.372 e. The van der Waals surface area contributed by atoms with E-state index in [4.69, 9.17) is 4.74 Å². The highest BCUT2D eigenvalue weighted by atomic mass is 16.5. The Morgan fingerprint density at radius 2 is 2.17 bits per heavy atom. The number of anilines is 1. The van der Waals surface area contributed by atoms with Crippen LogP contribution in [0.3, 0.4) is 0 Å². The molecule has 2 unspecified atom stereocenters. The van der Waals surface area contributed by atoms with E-state index >= 15 is 0 Å². The molecule has 0 aromatic carbocycles. The van der Waals surface area contributed by atoms with Crippen molar-refractivity contribution in [2.24, 2.45) is 5.92 Å². The summed E-state index contributed by atoms with van der Waals surface area (Å²) in [6.07, 6.45) is 5.59. The summed E-state index contributed by atoms with van der Waals surface area (Å²) in [5.41, 5.74) is 1.02. The molecule has 1 fully saturated rings. The first kappa shape index (κ1) is 13.3. The molecule has 1 N–H and O–H groups in total. The minimum Gasteiger partial charge on any atom is -0.372 e. The van der Waals surface area contributed by atoms with Gasteiger partial charge < -0.3 is 10.1 Å². The SMILES string of the molecule is CCNc1cccc(COC2CCCCC2C)n1. The van der Waals surface area contributed by atoms with Gasteiger partial charge in [0.1, 0.15) is 5.82 Å². The van der Waals surface area contributed by atoms with Crippen LogP contribution in [-0.2, 0) is 11.3 Å². The van der Waals surface area contributed by atoms with Crippen LogP contribution in [0.5, 0.6) is 0 Å². The third kappa shape index (κ3) is 3.70. The van der Waals surface area contributed by atoms with Crippen LogP contribution in [0, 0.1) is 5.92 Å². The Morgan fingerprint density at radius 1 is 1.33 bits per heavy atom. The summed E-state index contributed by atoms with van der Waals surface area (Å²) in [6, 6.07) is 6.07. The molecule has 1 aliphatic carbocycles. The zero-order valence-corrected chi connectivity index (χ0v) is 11.5. The van der Waals surface area contributed by atoms with Gasteiger partial charge in [0, 0.05) is 6.54 Å². The van der Waals surface area contributed by atoms with Crippen molar-refractivity contribution in [3.8, 4) is 0 Å². The molecule has 0 amide bonds. The maximum absolute atomic E-state index is 6.02. The Morgan fingerprint density at radius 3 is 2.94 bits per heavy atom. The van der Waals surface area contributed by atoms with E-state index in [0.717, 1.165) is 18.1 Å². The average molecular weight is 248 g/mol. The summed E-state index contributed by atoms with van der Waals surface area (Å²) in [5, 5.41) is 3.23. The number of aromatic nitrogens is 1. The van der Waals surface area contributed by atoms with Crippen molar-refractivity contribution < 1.29 is 4.74 Å². The molecular weight excluding hydrogens is 224 g/mol. The normalized spacial score (nSPS) is 23.9. The molecule has 0 bridgehead atoms. The van der Waals surface area contributed by atoms with Gasteiger partial charge in [-0.25, -0.2) is 4.98 Å². The number of pyridine rings is 1. The van der Waals surface area contributed by atoms with Gasteiger partial charge in [0.25, 0.3) is 0 Å². The number of hydrogen-bond donors (Lipinski definition) is 1. The fourth-order valence-electron chi connectivity index (χ4n) is 2.56. The summed E-state index contributed by atoms with van der Waals surface area (Å²) < 4.78 is 6.02. The molecule has 3 nitrogen and oxygen atoms in total. The maximum atomic E-state index is 6.02. The lowest BCUT2D eigenvalue weighted by Gasteiger charge is -2.28. The van der Waals surface area contributed by atoms with Gasteiger partial charge in [-0.1, -0.05) is 25.8 Å². The Bertz CT molecular complexity index is 367. The highest BCUT2D eigenvalue weighted by Gasteiger charge is 2.21. The van der Waals surface area contributed by atoms with Gasteiger partial charge in [-0.05, 0) is 37.8 Å². The van der Waals surface area contributed by atoms with E-state index in [1.165, 1.54) is 25.7 Å². The Balaban J connectivity index is 1.87. The third-order valence-corrected chi connectivity index (χ3v) is 3.64. The third-order valence-electron chi connectivity index (χ3n) is 3.64. The molecule has 0 aliphatic heterocycles. The van der Waals surface area contributed by atoms with Crippen LogP contribution in [0.25, 0.3) is 0 Å². The predicted molar refractivity (Wildman–Crippen MR) is 74.6 cm³/mol. The quantitative estimate of drug-likeness (QED) is 0.864. The van der Waals surface area contributed by atoms with Gasteiger partial charge in [0.05, 0.1) is 18.4 Å². The highest BCUT2D eigenvalue weighted by molar-refractivity contribution is 5.34. The number of ether oxygens (including phenoxy) is 1.